The van der Waals surface area contributed by atoms with Crippen LogP contribution in [0.25, 0.3) is 11.4 Å². The lowest BCUT2D eigenvalue weighted by Crippen LogP contribution is -2.50. The first-order chi connectivity index (χ1) is 15.5. The molecule has 1 amide bonds. The van der Waals surface area contributed by atoms with Crippen LogP contribution in [0.2, 0.25) is 0 Å². The molecular formula is C19H15F8N3O3S. The Morgan fingerprint density at radius 3 is 2.18 bits per heavy atom. The van der Waals surface area contributed by atoms with Gasteiger partial charge in [0.25, 0.3) is 0 Å². The summed E-state index contributed by atoms with van der Waals surface area (Å²) in [6.07, 6.45) is -10.1. The number of nitrogens with zero attached hydrogens (tertiary/aromatic N) is 3. The van der Waals surface area contributed by atoms with Crippen molar-refractivity contribution in [1.82, 2.24) is 9.97 Å². The third-order valence-electron chi connectivity index (χ3n) is 5.08. The smallest absolute Gasteiger partial charge is 0.304 e. The van der Waals surface area contributed by atoms with Crippen molar-refractivity contribution in [3.05, 3.63) is 35.7 Å². The number of rotatable bonds is 5. The van der Waals surface area contributed by atoms with Crippen molar-refractivity contribution in [1.29, 1.82) is 0 Å². The molecule has 0 N–H and O–H groups in total. The van der Waals surface area contributed by atoms with Gasteiger partial charge in [-0.15, -0.1) is 0 Å². The maximum absolute atomic E-state index is 13.6. The summed E-state index contributed by atoms with van der Waals surface area (Å²) in [6.45, 7) is -0.790. The summed E-state index contributed by atoms with van der Waals surface area (Å²) in [5.41, 5.74) is -2.31. The molecule has 0 atom stereocenters. The number of hydrogen-bond acceptors (Lipinski definition) is 5. The third kappa shape index (κ3) is 4.83. The summed E-state index contributed by atoms with van der Waals surface area (Å²) in [4.78, 5) is 18.9. The van der Waals surface area contributed by atoms with E-state index in [0.29, 0.717) is 12.3 Å². The van der Waals surface area contributed by atoms with Crippen LogP contribution in [0.4, 0.5) is 40.8 Å². The fourth-order valence-corrected chi connectivity index (χ4v) is 4.29. The number of halogens is 8. The number of amides is 1. The quantitative estimate of drug-likeness (QED) is 0.549. The number of fused-ring (bicyclic) bond motifs is 1. The molecule has 2 aromatic heterocycles. The van der Waals surface area contributed by atoms with E-state index in [0.717, 1.165) is 12.3 Å². The van der Waals surface area contributed by atoms with Crippen molar-refractivity contribution in [2.45, 2.75) is 42.9 Å². The van der Waals surface area contributed by atoms with Gasteiger partial charge in [0, 0.05) is 12.6 Å². The standard InChI is InChI=1S/C19H15F8N3O3S/c1-2-34(32,33)14-6-11(18(22,23)24)7-29-16(14)12-5-10-3-4-15(31)30(13(10)8-28-12)9-17(20,21)19(25,26)27/h5-8H,2-4,9H2,1H3. The number of carbonyl (C=O) groups is 1. The Morgan fingerprint density at radius 2 is 1.62 bits per heavy atom. The van der Waals surface area contributed by atoms with Crippen molar-refractivity contribution < 1.29 is 48.3 Å². The van der Waals surface area contributed by atoms with Gasteiger partial charge in [0.15, 0.2) is 9.84 Å². The largest absolute Gasteiger partial charge is 0.455 e. The number of sulfone groups is 1. The molecule has 1 aliphatic heterocycles. The molecule has 34 heavy (non-hydrogen) atoms. The van der Waals surface area contributed by atoms with Crippen molar-refractivity contribution >= 4 is 21.4 Å². The second kappa shape index (κ2) is 8.43. The predicted octanol–water partition coefficient (Wildman–Crippen LogP) is 4.43. The molecule has 0 radical (unpaired) electrons. The second-order valence-electron chi connectivity index (χ2n) is 7.35. The normalized spacial score (nSPS) is 15.4. The number of pyridine rings is 2. The Hall–Kier alpha value is -2.84. The van der Waals surface area contributed by atoms with Gasteiger partial charge in [-0.3, -0.25) is 14.8 Å². The van der Waals surface area contributed by atoms with Gasteiger partial charge in [-0.1, -0.05) is 6.92 Å². The lowest BCUT2D eigenvalue weighted by atomic mass is 10.0. The van der Waals surface area contributed by atoms with E-state index in [4.69, 9.17) is 0 Å². The van der Waals surface area contributed by atoms with Gasteiger partial charge in [0.2, 0.25) is 5.91 Å². The number of aryl methyl sites for hydroxylation is 1. The Morgan fingerprint density at radius 1 is 0.971 bits per heavy atom. The van der Waals surface area contributed by atoms with Gasteiger partial charge in [0.1, 0.15) is 5.69 Å². The van der Waals surface area contributed by atoms with Crippen LogP contribution in [0.1, 0.15) is 24.5 Å². The lowest BCUT2D eigenvalue weighted by molar-refractivity contribution is -0.276. The van der Waals surface area contributed by atoms with Crippen LogP contribution in [0.15, 0.2) is 29.4 Å². The maximum Gasteiger partial charge on any atom is 0.455 e. The van der Waals surface area contributed by atoms with Crippen LogP contribution >= 0.6 is 0 Å². The van der Waals surface area contributed by atoms with Crippen LogP contribution in [0.5, 0.6) is 0 Å². The van der Waals surface area contributed by atoms with E-state index < -0.39 is 68.9 Å². The molecule has 0 saturated heterocycles. The summed E-state index contributed by atoms with van der Waals surface area (Å²) in [5.74, 6) is -6.79. The number of anilines is 1. The molecule has 0 unspecified atom stereocenters. The first-order valence-corrected chi connectivity index (χ1v) is 11.2. The predicted molar refractivity (Wildman–Crippen MR) is 102 cm³/mol. The Bertz CT molecular complexity index is 1230. The highest BCUT2D eigenvalue weighted by atomic mass is 32.2. The maximum atomic E-state index is 13.6. The van der Waals surface area contributed by atoms with Crippen molar-refractivity contribution in [2.24, 2.45) is 0 Å². The van der Waals surface area contributed by atoms with Crippen LogP contribution in [-0.2, 0) is 27.2 Å². The molecule has 0 aromatic carbocycles. The van der Waals surface area contributed by atoms with Gasteiger partial charge in [-0.05, 0) is 24.1 Å². The van der Waals surface area contributed by atoms with Gasteiger partial charge < -0.3 is 4.90 Å². The molecule has 0 saturated carbocycles. The van der Waals surface area contributed by atoms with Crippen molar-refractivity contribution in [2.75, 3.05) is 17.2 Å². The zero-order valence-corrected chi connectivity index (χ0v) is 18.0. The van der Waals surface area contributed by atoms with E-state index in [-0.39, 0.29) is 28.3 Å². The average Bonchev–Trinajstić information content (AvgIpc) is 2.73. The molecule has 3 rings (SSSR count). The molecule has 0 aliphatic carbocycles. The Kier molecular flexibility index (Phi) is 6.39. The average molecular weight is 517 g/mol. The number of carbonyl (C=O) groups excluding carboxylic acids is 1. The van der Waals surface area contributed by atoms with Crippen LogP contribution < -0.4 is 4.90 Å². The van der Waals surface area contributed by atoms with E-state index in [2.05, 4.69) is 9.97 Å². The summed E-state index contributed by atoms with van der Waals surface area (Å²) < 4.78 is 129. The van der Waals surface area contributed by atoms with E-state index in [1.807, 2.05) is 0 Å². The lowest BCUT2D eigenvalue weighted by Gasteiger charge is -2.32. The van der Waals surface area contributed by atoms with Crippen molar-refractivity contribution in [3.63, 3.8) is 0 Å². The topological polar surface area (TPSA) is 80.2 Å². The van der Waals surface area contributed by atoms with Gasteiger partial charge in [-0.25, -0.2) is 8.42 Å². The summed E-state index contributed by atoms with van der Waals surface area (Å²) >= 11 is 0. The summed E-state index contributed by atoms with van der Waals surface area (Å²) in [6, 6.07) is 1.49. The highest BCUT2D eigenvalue weighted by molar-refractivity contribution is 7.91. The molecular weight excluding hydrogens is 502 g/mol. The summed E-state index contributed by atoms with van der Waals surface area (Å²) in [5, 5.41) is 0. The third-order valence-corrected chi connectivity index (χ3v) is 6.82. The molecule has 0 fully saturated rings. The summed E-state index contributed by atoms with van der Waals surface area (Å²) in [7, 11) is -4.23. The molecule has 0 spiro atoms. The molecule has 1 aliphatic rings. The molecule has 3 heterocycles. The fraction of sp³-hybridized carbons (Fsp3) is 0.421. The molecule has 186 valence electrons. The Labute approximate surface area is 187 Å². The van der Waals surface area contributed by atoms with Gasteiger partial charge in [0.05, 0.1) is 40.3 Å². The first-order valence-electron chi connectivity index (χ1n) is 9.52. The van der Waals surface area contributed by atoms with Crippen LogP contribution in [0.3, 0.4) is 0 Å². The molecule has 0 bridgehead atoms. The Balaban J connectivity index is 2.11. The van der Waals surface area contributed by atoms with E-state index >= 15 is 0 Å². The minimum absolute atomic E-state index is 0.0733. The highest BCUT2D eigenvalue weighted by Gasteiger charge is 2.59. The van der Waals surface area contributed by atoms with Crippen LogP contribution in [-0.4, -0.2) is 48.7 Å². The van der Waals surface area contributed by atoms with Crippen molar-refractivity contribution in [3.8, 4) is 11.4 Å². The zero-order chi connectivity index (χ0) is 25.7. The minimum atomic E-state index is -5.91. The number of alkyl halides is 8. The highest BCUT2D eigenvalue weighted by Crippen LogP contribution is 2.40. The van der Waals surface area contributed by atoms with Crippen LogP contribution in [0, 0.1) is 0 Å². The van der Waals surface area contributed by atoms with Gasteiger partial charge >= 0.3 is 18.3 Å². The monoisotopic (exact) mass is 517 g/mol. The number of hydrogen-bond donors (Lipinski definition) is 0. The van der Waals surface area contributed by atoms with E-state index in [1.165, 1.54) is 6.92 Å². The zero-order valence-electron chi connectivity index (χ0n) is 17.1. The number of aromatic nitrogens is 2. The molecule has 6 nitrogen and oxygen atoms in total. The van der Waals surface area contributed by atoms with E-state index in [9.17, 15) is 48.3 Å². The SMILES string of the molecule is CCS(=O)(=O)c1cc(C(F)(F)F)cnc1-c1cc2c(cn1)N(CC(F)(F)C(F)(F)F)C(=O)CC2. The second-order valence-corrected chi connectivity index (χ2v) is 9.60. The first kappa shape index (κ1) is 25.8. The minimum Gasteiger partial charge on any atom is -0.304 e. The molecule has 2 aromatic rings. The van der Waals surface area contributed by atoms with E-state index in [1.54, 1.807) is 0 Å². The molecule has 15 heteroatoms. The van der Waals surface area contributed by atoms with Gasteiger partial charge in [-0.2, -0.15) is 35.1 Å². The fourth-order valence-electron chi connectivity index (χ4n) is 3.22.